The first-order valence-corrected chi connectivity index (χ1v) is 7.71. The Kier molecular flexibility index (Phi) is 4.54. The summed E-state index contributed by atoms with van der Waals surface area (Å²) in [7, 11) is 0. The van der Waals surface area contributed by atoms with E-state index in [2.05, 4.69) is 12.2 Å². The van der Waals surface area contributed by atoms with Crippen molar-refractivity contribution >= 4 is 17.8 Å². The number of nitrogens with one attached hydrogen (secondary N) is 1. The largest absolute Gasteiger partial charge is 0.480 e. The van der Waals surface area contributed by atoms with Gasteiger partial charge in [0.2, 0.25) is 11.8 Å². The van der Waals surface area contributed by atoms with Crippen LogP contribution in [0.4, 0.5) is 0 Å². The molecule has 2 aliphatic rings. The number of carboxylic acid groups (broad SMARTS) is 1. The third-order valence-corrected chi connectivity index (χ3v) is 4.87. The van der Waals surface area contributed by atoms with Gasteiger partial charge in [0, 0.05) is 19.5 Å². The van der Waals surface area contributed by atoms with Crippen molar-refractivity contribution in [2.75, 3.05) is 13.1 Å². The van der Waals surface area contributed by atoms with Gasteiger partial charge in [0.25, 0.3) is 0 Å². The van der Waals surface area contributed by atoms with Gasteiger partial charge in [-0.15, -0.1) is 0 Å². The van der Waals surface area contributed by atoms with Crippen LogP contribution in [0.3, 0.4) is 0 Å². The van der Waals surface area contributed by atoms with Crippen LogP contribution < -0.4 is 5.32 Å². The minimum absolute atomic E-state index is 0.0284. The number of likely N-dealkylation sites (tertiary alicyclic amines) is 1. The van der Waals surface area contributed by atoms with Gasteiger partial charge in [-0.3, -0.25) is 9.59 Å². The van der Waals surface area contributed by atoms with Crippen molar-refractivity contribution in [3.8, 4) is 0 Å². The van der Waals surface area contributed by atoms with Gasteiger partial charge in [-0.05, 0) is 38.5 Å². The van der Waals surface area contributed by atoms with Gasteiger partial charge in [0.15, 0.2) is 0 Å². The van der Waals surface area contributed by atoms with Crippen LogP contribution in [0.1, 0.15) is 46.0 Å². The fourth-order valence-electron chi connectivity index (χ4n) is 3.24. The average molecular weight is 296 g/mol. The highest BCUT2D eigenvalue weighted by Gasteiger charge is 2.44. The number of amides is 2. The van der Waals surface area contributed by atoms with Gasteiger partial charge in [0.05, 0.1) is 5.92 Å². The Bertz CT molecular complexity index is 441. The Morgan fingerprint density at radius 1 is 1.38 bits per heavy atom. The van der Waals surface area contributed by atoms with Crippen molar-refractivity contribution in [1.82, 2.24) is 10.2 Å². The molecule has 0 bridgehead atoms. The average Bonchev–Trinajstić information content (AvgIpc) is 2.82. The molecule has 118 valence electrons. The van der Waals surface area contributed by atoms with E-state index in [0.29, 0.717) is 31.8 Å². The lowest BCUT2D eigenvalue weighted by atomic mass is 9.77. The summed E-state index contributed by atoms with van der Waals surface area (Å²) in [6.07, 6.45) is 2.72. The van der Waals surface area contributed by atoms with E-state index in [-0.39, 0.29) is 18.2 Å². The second-order valence-corrected chi connectivity index (χ2v) is 6.39. The lowest BCUT2D eigenvalue weighted by Crippen LogP contribution is -2.57. The summed E-state index contributed by atoms with van der Waals surface area (Å²) in [5.41, 5.74) is -1.15. The van der Waals surface area contributed by atoms with Gasteiger partial charge < -0.3 is 15.3 Å². The Hall–Kier alpha value is -1.59. The lowest BCUT2D eigenvalue weighted by Gasteiger charge is -2.37. The van der Waals surface area contributed by atoms with Crippen molar-refractivity contribution in [3.05, 3.63) is 0 Å². The normalized spacial score (nSPS) is 33.0. The molecule has 0 aromatic heterocycles. The van der Waals surface area contributed by atoms with Crippen molar-refractivity contribution in [2.24, 2.45) is 11.8 Å². The molecule has 1 atom stereocenters. The van der Waals surface area contributed by atoms with Crippen molar-refractivity contribution in [3.63, 3.8) is 0 Å². The Balaban J connectivity index is 2.03. The van der Waals surface area contributed by atoms with Crippen LogP contribution in [-0.4, -0.2) is 46.4 Å². The van der Waals surface area contributed by atoms with E-state index < -0.39 is 17.4 Å². The zero-order valence-electron chi connectivity index (χ0n) is 12.7. The predicted molar refractivity (Wildman–Crippen MR) is 76.5 cm³/mol. The number of aliphatic carboxylic acids is 1. The third kappa shape index (κ3) is 3.19. The molecule has 0 aromatic rings. The van der Waals surface area contributed by atoms with Crippen LogP contribution in [0.15, 0.2) is 0 Å². The monoisotopic (exact) mass is 296 g/mol. The topological polar surface area (TPSA) is 86.7 Å². The maximum atomic E-state index is 12.4. The second-order valence-electron chi connectivity index (χ2n) is 6.39. The number of carbonyl (C=O) groups excluding carboxylic acids is 2. The first-order valence-electron chi connectivity index (χ1n) is 7.71. The van der Waals surface area contributed by atoms with Gasteiger partial charge >= 0.3 is 5.97 Å². The molecule has 2 N–H and O–H groups in total. The Morgan fingerprint density at radius 2 is 2.00 bits per heavy atom. The zero-order valence-corrected chi connectivity index (χ0v) is 12.7. The van der Waals surface area contributed by atoms with Gasteiger partial charge in [-0.1, -0.05) is 6.92 Å². The molecular formula is C15H24N2O4. The summed E-state index contributed by atoms with van der Waals surface area (Å²) < 4.78 is 0. The number of hydrogen-bond donors (Lipinski definition) is 2. The van der Waals surface area contributed by atoms with Gasteiger partial charge in [0.1, 0.15) is 5.54 Å². The summed E-state index contributed by atoms with van der Waals surface area (Å²) in [5, 5.41) is 12.3. The first kappa shape index (κ1) is 15.8. The number of nitrogens with zero attached hydrogens (tertiary/aromatic N) is 1. The maximum Gasteiger partial charge on any atom is 0.329 e. The van der Waals surface area contributed by atoms with Gasteiger partial charge in [-0.25, -0.2) is 4.79 Å². The van der Waals surface area contributed by atoms with Gasteiger partial charge in [-0.2, -0.15) is 0 Å². The van der Waals surface area contributed by atoms with E-state index >= 15 is 0 Å². The highest BCUT2D eigenvalue weighted by Crippen LogP contribution is 2.33. The summed E-state index contributed by atoms with van der Waals surface area (Å²) in [6, 6.07) is 0. The Morgan fingerprint density at radius 3 is 2.48 bits per heavy atom. The Labute approximate surface area is 124 Å². The van der Waals surface area contributed by atoms with E-state index in [1.165, 1.54) is 0 Å². The van der Waals surface area contributed by atoms with Crippen LogP contribution in [0.25, 0.3) is 0 Å². The molecule has 1 aliphatic carbocycles. The number of carbonyl (C=O) groups is 3. The molecule has 2 amide bonds. The molecule has 6 heteroatoms. The molecule has 6 nitrogen and oxygen atoms in total. The molecule has 1 saturated heterocycles. The third-order valence-electron chi connectivity index (χ3n) is 4.87. The number of rotatable bonds is 4. The smallest absolute Gasteiger partial charge is 0.329 e. The molecule has 0 radical (unpaired) electrons. The molecule has 0 aromatic carbocycles. The standard InChI is InChI=1S/C15H24N2O4/c1-3-17-9-11(8-12(17)18)13(19)16-15(14(20)21)6-4-10(2)5-7-15/h10-11H,3-9H2,1-2H3,(H,16,19)(H,20,21). The zero-order chi connectivity index (χ0) is 15.6. The maximum absolute atomic E-state index is 12.4. The minimum Gasteiger partial charge on any atom is -0.480 e. The molecule has 1 aliphatic heterocycles. The first-order chi connectivity index (χ1) is 9.88. The summed E-state index contributed by atoms with van der Waals surface area (Å²) >= 11 is 0. The summed E-state index contributed by atoms with van der Waals surface area (Å²) in [5.74, 6) is -1.21. The van der Waals surface area contributed by atoms with E-state index in [9.17, 15) is 19.5 Å². The van der Waals surface area contributed by atoms with Crippen LogP contribution in [0, 0.1) is 11.8 Å². The molecule has 1 unspecified atom stereocenters. The van der Waals surface area contributed by atoms with E-state index in [1.807, 2.05) is 6.92 Å². The molecule has 2 rings (SSSR count). The van der Waals surface area contributed by atoms with E-state index in [4.69, 9.17) is 0 Å². The molecule has 1 saturated carbocycles. The molecule has 21 heavy (non-hydrogen) atoms. The van der Waals surface area contributed by atoms with Crippen molar-refractivity contribution in [1.29, 1.82) is 0 Å². The van der Waals surface area contributed by atoms with Crippen LogP contribution in [0.5, 0.6) is 0 Å². The molecule has 1 heterocycles. The SMILES string of the molecule is CCN1CC(C(=O)NC2(C(=O)O)CCC(C)CC2)CC1=O. The highest BCUT2D eigenvalue weighted by molar-refractivity contribution is 5.92. The van der Waals surface area contributed by atoms with Crippen LogP contribution in [0.2, 0.25) is 0 Å². The summed E-state index contributed by atoms with van der Waals surface area (Å²) in [4.78, 5) is 37.3. The van der Waals surface area contributed by atoms with Crippen LogP contribution in [-0.2, 0) is 14.4 Å². The fraction of sp³-hybridized carbons (Fsp3) is 0.800. The molecule has 0 spiro atoms. The van der Waals surface area contributed by atoms with E-state index in [1.54, 1.807) is 4.90 Å². The lowest BCUT2D eigenvalue weighted by molar-refractivity contribution is -0.150. The van der Waals surface area contributed by atoms with E-state index in [0.717, 1.165) is 12.8 Å². The fourth-order valence-corrected chi connectivity index (χ4v) is 3.24. The minimum atomic E-state index is -1.15. The molecular weight excluding hydrogens is 272 g/mol. The van der Waals surface area contributed by atoms with Crippen molar-refractivity contribution < 1.29 is 19.5 Å². The van der Waals surface area contributed by atoms with Crippen LogP contribution >= 0.6 is 0 Å². The summed E-state index contributed by atoms with van der Waals surface area (Å²) in [6.45, 7) is 4.96. The molecule has 2 fully saturated rings. The predicted octanol–water partition coefficient (Wildman–Crippen LogP) is 1.00. The second kappa shape index (κ2) is 6.03. The quantitative estimate of drug-likeness (QED) is 0.810. The highest BCUT2D eigenvalue weighted by atomic mass is 16.4. The van der Waals surface area contributed by atoms with Crippen molar-refractivity contribution in [2.45, 2.75) is 51.5 Å². The number of hydrogen-bond acceptors (Lipinski definition) is 3. The number of carboxylic acids is 1.